The molecule has 1 fully saturated rings. The van der Waals surface area contributed by atoms with Gasteiger partial charge in [0.2, 0.25) is 0 Å². The summed E-state index contributed by atoms with van der Waals surface area (Å²) >= 11 is 12.0. The predicted octanol–water partition coefficient (Wildman–Crippen LogP) is 4.92. The first-order valence-electron chi connectivity index (χ1n) is 8.94. The molecule has 2 aromatic rings. The van der Waals surface area contributed by atoms with E-state index in [1.165, 1.54) is 12.1 Å². The summed E-state index contributed by atoms with van der Waals surface area (Å²) in [6.45, 7) is 0. The lowest BCUT2D eigenvalue weighted by Crippen LogP contribution is -2.55. The van der Waals surface area contributed by atoms with Crippen molar-refractivity contribution in [3.63, 3.8) is 0 Å². The van der Waals surface area contributed by atoms with Gasteiger partial charge in [-0.3, -0.25) is 14.9 Å². The number of Topliss-reactive ketones (excluding diaryl/α,β-unsaturated/α-hetero) is 1. The molecule has 3 rings (SSSR count). The number of carbonyl (C=O) groups excluding carboxylic acids is 1. The maximum atomic E-state index is 13.1. The monoisotopic (exact) mass is 417 g/mol. The molecule has 1 saturated carbocycles. The van der Waals surface area contributed by atoms with Crippen LogP contribution in [0.4, 0.5) is 11.4 Å². The second kappa shape index (κ2) is 8.24. The van der Waals surface area contributed by atoms with Crippen molar-refractivity contribution < 1.29 is 9.72 Å². The van der Waals surface area contributed by atoms with E-state index in [9.17, 15) is 14.9 Å². The molecular weight excluding hydrogens is 398 g/mol. The van der Waals surface area contributed by atoms with Crippen LogP contribution in [-0.2, 0) is 10.3 Å². The molecule has 0 radical (unpaired) electrons. The molecule has 1 N–H and O–H groups in total. The molecule has 2 aromatic carbocycles. The number of benzene rings is 2. The van der Waals surface area contributed by atoms with Crippen molar-refractivity contribution in [1.82, 2.24) is 4.90 Å². The Kier molecular flexibility index (Phi) is 5.96. The summed E-state index contributed by atoms with van der Waals surface area (Å²) in [7, 11) is 1.78. The zero-order chi connectivity index (χ0) is 20.3. The number of nitro benzene ring substituents is 1. The molecule has 146 valence electrons. The van der Waals surface area contributed by atoms with Crippen LogP contribution in [0.3, 0.4) is 0 Å². The quantitative estimate of drug-likeness (QED) is 0.432. The van der Waals surface area contributed by atoms with Crippen LogP contribution in [0.5, 0.6) is 0 Å². The molecule has 1 atom stereocenters. The van der Waals surface area contributed by atoms with Crippen LogP contribution < -0.4 is 5.32 Å². The van der Waals surface area contributed by atoms with Gasteiger partial charge in [0, 0.05) is 41.9 Å². The first kappa shape index (κ1) is 20.2. The standard InChI is InChI=1S/C20H20ClN3O3S/c1-23(19(28)22-14-9-11-15(12-10-14)24(26)27)20(13-5-4-8-18(20)25)16-6-2-3-7-17(16)21/h2-3,6-7,9-12H,4-5,8,13H2,1H3,(H,22,28). The van der Waals surface area contributed by atoms with Crippen LogP contribution in [0.2, 0.25) is 5.02 Å². The Labute approximate surface area is 173 Å². The molecule has 0 aliphatic heterocycles. The largest absolute Gasteiger partial charge is 0.335 e. The highest BCUT2D eigenvalue weighted by Crippen LogP contribution is 2.42. The molecule has 0 spiro atoms. The number of ketones is 1. The van der Waals surface area contributed by atoms with Gasteiger partial charge in [0.25, 0.3) is 5.69 Å². The molecule has 0 amide bonds. The second-order valence-corrected chi connectivity index (χ2v) is 7.56. The van der Waals surface area contributed by atoms with Gasteiger partial charge >= 0.3 is 0 Å². The van der Waals surface area contributed by atoms with E-state index in [1.807, 2.05) is 18.2 Å². The lowest BCUT2D eigenvalue weighted by atomic mass is 9.74. The second-order valence-electron chi connectivity index (χ2n) is 6.76. The highest BCUT2D eigenvalue weighted by atomic mass is 35.5. The van der Waals surface area contributed by atoms with Crippen LogP contribution in [0.15, 0.2) is 48.5 Å². The summed E-state index contributed by atoms with van der Waals surface area (Å²) in [6.07, 6.45) is 2.83. The van der Waals surface area contributed by atoms with E-state index in [1.54, 1.807) is 30.1 Å². The smallest absolute Gasteiger partial charge is 0.269 e. The van der Waals surface area contributed by atoms with E-state index >= 15 is 0 Å². The van der Waals surface area contributed by atoms with Crippen molar-refractivity contribution >= 4 is 46.1 Å². The number of halogens is 1. The number of nitrogens with zero attached hydrogens (tertiary/aromatic N) is 2. The maximum absolute atomic E-state index is 13.1. The Morgan fingerprint density at radius 2 is 1.89 bits per heavy atom. The van der Waals surface area contributed by atoms with Gasteiger partial charge in [0.1, 0.15) is 5.54 Å². The minimum absolute atomic E-state index is 0.000168. The summed E-state index contributed by atoms with van der Waals surface area (Å²) < 4.78 is 0. The number of hydrogen-bond acceptors (Lipinski definition) is 4. The fourth-order valence-electron chi connectivity index (χ4n) is 3.68. The minimum atomic E-state index is -0.929. The SMILES string of the molecule is CN(C(=S)Nc1ccc([N+](=O)[O-])cc1)C1(c2ccccc2Cl)CCCCC1=O. The van der Waals surface area contributed by atoms with E-state index in [0.29, 0.717) is 28.7 Å². The molecule has 1 aliphatic carbocycles. The van der Waals surface area contributed by atoms with Crippen LogP contribution in [-0.4, -0.2) is 27.8 Å². The number of hydrogen-bond donors (Lipinski definition) is 1. The maximum Gasteiger partial charge on any atom is 0.269 e. The Bertz CT molecular complexity index is 919. The number of nitro groups is 1. The highest BCUT2D eigenvalue weighted by Gasteiger charge is 2.47. The topological polar surface area (TPSA) is 75.5 Å². The Morgan fingerprint density at radius 3 is 2.50 bits per heavy atom. The van der Waals surface area contributed by atoms with Gasteiger partial charge in [-0.1, -0.05) is 29.8 Å². The molecule has 0 heterocycles. The van der Waals surface area contributed by atoms with Crippen LogP contribution >= 0.6 is 23.8 Å². The van der Waals surface area contributed by atoms with Crippen LogP contribution in [0, 0.1) is 10.1 Å². The fourth-order valence-corrected chi connectivity index (χ4v) is 4.24. The van der Waals surface area contributed by atoms with Gasteiger partial charge in [0.15, 0.2) is 10.9 Å². The average Bonchev–Trinajstić information content (AvgIpc) is 2.69. The molecule has 1 aliphatic rings. The number of rotatable bonds is 4. The van der Waals surface area contributed by atoms with Gasteiger partial charge in [-0.25, -0.2) is 0 Å². The third-order valence-electron chi connectivity index (χ3n) is 5.18. The van der Waals surface area contributed by atoms with E-state index < -0.39 is 10.5 Å². The van der Waals surface area contributed by atoms with Crippen molar-refractivity contribution in [2.45, 2.75) is 31.2 Å². The van der Waals surface area contributed by atoms with E-state index in [2.05, 4.69) is 5.32 Å². The first-order valence-corrected chi connectivity index (χ1v) is 9.72. The van der Waals surface area contributed by atoms with E-state index in [-0.39, 0.29) is 11.5 Å². The average molecular weight is 418 g/mol. The minimum Gasteiger partial charge on any atom is -0.335 e. The van der Waals surface area contributed by atoms with Crippen molar-refractivity contribution in [3.8, 4) is 0 Å². The number of carbonyl (C=O) groups is 1. The molecule has 0 bridgehead atoms. The lowest BCUT2D eigenvalue weighted by Gasteiger charge is -2.45. The van der Waals surface area contributed by atoms with Crippen LogP contribution in [0.1, 0.15) is 31.2 Å². The molecule has 28 heavy (non-hydrogen) atoms. The summed E-state index contributed by atoms with van der Waals surface area (Å²) in [5, 5.41) is 14.8. The van der Waals surface area contributed by atoms with E-state index in [4.69, 9.17) is 23.8 Å². The third kappa shape index (κ3) is 3.72. The predicted molar refractivity (Wildman–Crippen MR) is 114 cm³/mol. The van der Waals surface area contributed by atoms with Crippen molar-refractivity contribution in [3.05, 3.63) is 69.2 Å². The van der Waals surface area contributed by atoms with Gasteiger partial charge in [-0.2, -0.15) is 0 Å². The summed E-state index contributed by atoms with van der Waals surface area (Å²) in [4.78, 5) is 25.3. The molecule has 6 nitrogen and oxygen atoms in total. The fraction of sp³-hybridized carbons (Fsp3) is 0.300. The van der Waals surface area contributed by atoms with Gasteiger partial charge in [0.05, 0.1) is 4.92 Å². The molecule has 1 unspecified atom stereocenters. The zero-order valence-corrected chi connectivity index (χ0v) is 16.9. The first-order chi connectivity index (χ1) is 13.4. The Balaban J connectivity index is 1.92. The van der Waals surface area contributed by atoms with Crippen LogP contribution in [0.25, 0.3) is 0 Å². The Hall–Kier alpha value is -2.51. The van der Waals surface area contributed by atoms with Crippen molar-refractivity contribution in [1.29, 1.82) is 0 Å². The number of anilines is 1. The van der Waals surface area contributed by atoms with E-state index in [0.717, 1.165) is 18.4 Å². The number of non-ortho nitro benzene ring substituents is 1. The number of nitrogens with one attached hydrogen (secondary N) is 1. The molecule has 8 heteroatoms. The van der Waals surface area contributed by atoms with Crippen molar-refractivity contribution in [2.75, 3.05) is 12.4 Å². The highest BCUT2D eigenvalue weighted by molar-refractivity contribution is 7.80. The summed E-state index contributed by atoms with van der Waals surface area (Å²) in [5.41, 5.74) is 0.429. The summed E-state index contributed by atoms with van der Waals surface area (Å²) in [5.74, 6) is 0.0854. The van der Waals surface area contributed by atoms with Gasteiger partial charge in [-0.15, -0.1) is 0 Å². The normalized spacial score (nSPS) is 19.1. The number of thiocarbonyl (C=S) groups is 1. The van der Waals surface area contributed by atoms with Gasteiger partial charge < -0.3 is 10.2 Å². The molecule has 0 aromatic heterocycles. The Morgan fingerprint density at radius 1 is 1.21 bits per heavy atom. The van der Waals surface area contributed by atoms with Gasteiger partial charge in [-0.05, 0) is 49.7 Å². The lowest BCUT2D eigenvalue weighted by molar-refractivity contribution is -0.384. The third-order valence-corrected chi connectivity index (χ3v) is 5.89. The van der Waals surface area contributed by atoms with Crippen molar-refractivity contribution in [2.24, 2.45) is 0 Å². The molecular formula is C20H20ClN3O3S. The zero-order valence-electron chi connectivity index (χ0n) is 15.4. The number of likely N-dealkylation sites (N-methyl/N-ethyl adjacent to an activating group) is 1. The molecule has 0 saturated heterocycles. The summed E-state index contributed by atoms with van der Waals surface area (Å²) in [6, 6.07) is 13.3.